The molecule has 2 aliphatic rings. The second-order valence-corrected chi connectivity index (χ2v) is 10.0. The molecule has 2 aliphatic heterocycles. The monoisotopic (exact) mass is 579 g/mol. The maximum atomic E-state index is 14.9. The Morgan fingerprint density at radius 3 is 2.40 bits per heavy atom. The zero-order valence-corrected chi connectivity index (χ0v) is 22.6. The minimum atomic E-state index is -4.76. The predicted molar refractivity (Wildman–Crippen MR) is 148 cm³/mol. The maximum absolute atomic E-state index is 14.9. The number of nitrogens with two attached hydrogens (primary N) is 1. The fourth-order valence-electron chi connectivity index (χ4n) is 5.30. The van der Waals surface area contributed by atoms with Gasteiger partial charge in [0.1, 0.15) is 11.5 Å². The average molecular weight is 580 g/mol. The van der Waals surface area contributed by atoms with Crippen LogP contribution in [-0.2, 0) is 25.7 Å². The molecular formula is C31H29F4N5O2. The van der Waals surface area contributed by atoms with E-state index in [2.05, 4.69) is 17.2 Å². The van der Waals surface area contributed by atoms with Crippen molar-refractivity contribution in [3.05, 3.63) is 113 Å². The number of hydrogen-bond acceptors (Lipinski definition) is 5. The van der Waals surface area contributed by atoms with E-state index in [1.165, 1.54) is 17.0 Å². The number of aromatic nitrogens is 2. The van der Waals surface area contributed by atoms with Crippen molar-refractivity contribution >= 4 is 11.6 Å². The molecule has 1 atom stereocenters. The number of para-hydroxylation sites is 1. The summed E-state index contributed by atoms with van der Waals surface area (Å²) < 4.78 is 57.6. The van der Waals surface area contributed by atoms with Gasteiger partial charge in [0.2, 0.25) is 0 Å². The van der Waals surface area contributed by atoms with Crippen LogP contribution >= 0.6 is 0 Å². The Kier molecular flexibility index (Phi) is 8.72. The highest BCUT2D eigenvalue weighted by atomic mass is 19.4. The molecular weight excluding hydrogens is 550 g/mol. The molecule has 11 heteroatoms. The minimum Gasteiger partial charge on any atom is -0.392 e. The number of likely N-dealkylation sites (tertiary alicyclic amines) is 1. The molecule has 1 fully saturated rings. The van der Waals surface area contributed by atoms with Crippen molar-refractivity contribution in [2.45, 2.75) is 38.2 Å². The van der Waals surface area contributed by atoms with Gasteiger partial charge in [-0.1, -0.05) is 48.5 Å². The van der Waals surface area contributed by atoms with Crippen LogP contribution in [0.3, 0.4) is 0 Å². The van der Waals surface area contributed by atoms with E-state index in [9.17, 15) is 27.5 Å². The van der Waals surface area contributed by atoms with Gasteiger partial charge in [0.15, 0.2) is 5.69 Å². The van der Waals surface area contributed by atoms with Crippen LogP contribution in [0.2, 0.25) is 0 Å². The third-order valence-corrected chi connectivity index (χ3v) is 7.28. The fourth-order valence-corrected chi connectivity index (χ4v) is 5.30. The lowest BCUT2D eigenvalue weighted by Crippen LogP contribution is -2.40. The van der Waals surface area contributed by atoms with Gasteiger partial charge < -0.3 is 15.7 Å². The number of aliphatic hydroxyl groups excluding tert-OH is 1. The molecule has 3 N–H and O–H groups in total. The van der Waals surface area contributed by atoms with E-state index in [1.54, 1.807) is 24.3 Å². The van der Waals surface area contributed by atoms with Crippen molar-refractivity contribution in [1.29, 1.82) is 0 Å². The van der Waals surface area contributed by atoms with Crippen molar-refractivity contribution in [2.24, 2.45) is 5.73 Å². The van der Waals surface area contributed by atoms with Crippen LogP contribution in [0.4, 0.5) is 23.2 Å². The highest BCUT2D eigenvalue weighted by molar-refractivity contribution is 6.08. The van der Waals surface area contributed by atoms with Gasteiger partial charge in [-0.3, -0.25) is 9.69 Å². The van der Waals surface area contributed by atoms with Crippen LogP contribution in [0.15, 0.2) is 66.7 Å². The Hall–Kier alpha value is -4.06. The average Bonchev–Trinajstić information content (AvgIpc) is 3.59. The number of halogens is 4. The Balaban J connectivity index is 0.000000524. The topological polar surface area (TPSA) is 87.6 Å². The summed E-state index contributed by atoms with van der Waals surface area (Å²) in [5, 5.41) is 13.7. The van der Waals surface area contributed by atoms with Gasteiger partial charge in [0.25, 0.3) is 5.91 Å². The summed E-state index contributed by atoms with van der Waals surface area (Å²) in [6.07, 6.45) is -4.83. The molecule has 4 aromatic rings. The van der Waals surface area contributed by atoms with Gasteiger partial charge in [-0.05, 0) is 42.7 Å². The molecule has 2 radical (unpaired) electrons. The minimum absolute atomic E-state index is 0.0373. The van der Waals surface area contributed by atoms with Crippen molar-refractivity contribution in [1.82, 2.24) is 14.7 Å². The lowest BCUT2D eigenvalue weighted by Gasteiger charge is -2.30. The normalized spacial score (nSPS) is 17.1. The van der Waals surface area contributed by atoms with Crippen molar-refractivity contribution in [3.8, 4) is 5.69 Å². The van der Waals surface area contributed by atoms with Crippen molar-refractivity contribution < 1.29 is 27.5 Å². The molecule has 0 aliphatic carbocycles. The Bertz CT molecular complexity index is 1510. The summed E-state index contributed by atoms with van der Waals surface area (Å²) in [5.41, 5.74) is 5.55. The quantitative estimate of drug-likeness (QED) is 0.339. The van der Waals surface area contributed by atoms with E-state index in [0.29, 0.717) is 25.1 Å². The molecule has 1 saturated heterocycles. The van der Waals surface area contributed by atoms with Crippen molar-refractivity contribution in [3.63, 3.8) is 0 Å². The number of alkyl halides is 3. The molecule has 3 heterocycles. The summed E-state index contributed by atoms with van der Waals surface area (Å²) in [4.78, 5) is 16.9. The number of fused-ring (bicyclic) bond motifs is 1. The van der Waals surface area contributed by atoms with E-state index in [4.69, 9.17) is 5.73 Å². The van der Waals surface area contributed by atoms with E-state index < -0.39 is 29.7 Å². The largest absolute Gasteiger partial charge is 0.435 e. The molecule has 0 spiro atoms. The summed E-state index contributed by atoms with van der Waals surface area (Å²) in [7, 11) is 0. The summed E-state index contributed by atoms with van der Waals surface area (Å²) >= 11 is 0. The van der Waals surface area contributed by atoms with Gasteiger partial charge in [-0.15, -0.1) is 0 Å². The van der Waals surface area contributed by atoms with E-state index >= 15 is 0 Å². The number of carbonyl (C=O) groups is 1. The Morgan fingerprint density at radius 2 is 1.79 bits per heavy atom. The van der Waals surface area contributed by atoms with Crippen LogP contribution in [0.1, 0.15) is 39.3 Å². The van der Waals surface area contributed by atoms with E-state index in [1.807, 2.05) is 35.2 Å². The van der Waals surface area contributed by atoms with Crippen LogP contribution < -0.4 is 10.6 Å². The third-order valence-electron chi connectivity index (χ3n) is 7.28. The molecule has 1 unspecified atom stereocenters. The maximum Gasteiger partial charge on any atom is 0.435 e. The molecule has 0 bridgehead atoms. The zero-order valence-electron chi connectivity index (χ0n) is 22.6. The predicted octanol–water partition coefficient (Wildman–Crippen LogP) is 4.55. The number of benzene rings is 3. The standard InChI is InChI=1S/C25H24F4N5O2.C6H5/c26-19-5-3-7-21(18(19)14-32-10-8-16(35)13-32)33-11-9-17-22(24(33)36)34(31-23(17)25(27,28)29)20-6-2-1-4-15(20)12-30;1-2-4-6-5-3-1/h1-4,6-7,16,35H,8-14,30H2;1-5H. The van der Waals surface area contributed by atoms with E-state index in [-0.39, 0.29) is 54.3 Å². The molecule has 1 aromatic heterocycles. The SMILES string of the molecule is NCc1ccccc1-n1nc(C(F)(F)F)c2c1C(=O)N(c1cc[c]c(F)c1CN1CCC(O)C1)CC2.[c]1ccccc1. The number of aliphatic hydroxyl groups is 1. The lowest BCUT2D eigenvalue weighted by atomic mass is 10.0. The third kappa shape index (κ3) is 6.08. The van der Waals surface area contributed by atoms with Crippen molar-refractivity contribution in [2.75, 3.05) is 24.5 Å². The Labute approximate surface area is 240 Å². The number of β-amino-alcohol motifs (C(OH)–C–C–N with tert-alkyl or cyclic N) is 1. The second kappa shape index (κ2) is 12.4. The number of nitrogens with zero attached hydrogens (tertiary/aromatic N) is 4. The molecule has 7 nitrogen and oxygen atoms in total. The van der Waals surface area contributed by atoms with Crippen LogP contribution in [0.25, 0.3) is 5.69 Å². The summed E-state index contributed by atoms with van der Waals surface area (Å²) in [6.45, 7) is 1.02. The number of anilines is 1. The fraction of sp³-hybridized carbons (Fsp3) is 0.290. The highest BCUT2D eigenvalue weighted by Crippen LogP contribution is 2.38. The first kappa shape index (κ1) is 29.4. The number of hydrogen-bond donors (Lipinski definition) is 2. The molecule has 6 rings (SSSR count). The van der Waals surface area contributed by atoms with Crippen LogP contribution in [0.5, 0.6) is 0 Å². The second-order valence-electron chi connectivity index (χ2n) is 10.0. The number of carbonyl (C=O) groups excluding carboxylic acids is 1. The lowest BCUT2D eigenvalue weighted by molar-refractivity contribution is -0.141. The highest BCUT2D eigenvalue weighted by Gasteiger charge is 2.44. The van der Waals surface area contributed by atoms with Gasteiger partial charge in [-0.2, -0.15) is 18.3 Å². The molecule has 3 aromatic carbocycles. The van der Waals surface area contributed by atoms with Gasteiger partial charge in [0, 0.05) is 49.9 Å². The first-order valence-corrected chi connectivity index (χ1v) is 13.5. The summed E-state index contributed by atoms with van der Waals surface area (Å²) in [6, 6.07) is 24.4. The smallest absolute Gasteiger partial charge is 0.392 e. The Morgan fingerprint density at radius 1 is 1.02 bits per heavy atom. The molecule has 0 saturated carbocycles. The zero-order chi connectivity index (χ0) is 29.9. The van der Waals surface area contributed by atoms with Crippen LogP contribution in [-0.4, -0.2) is 51.4 Å². The van der Waals surface area contributed by atoms with Gasteiger partial charge in [0.05, 0.1) is 17.5 Å². The first-order chi connectivity index (χ1) is 20.2. The molecule has 1 amide bonds. The first-order valence-electron chi connectivity index (χ1n) is 13.5. The number of rotatable bonds is 5. The van der Waals surface area contributed by atoms with E-state index in [0.717, 1.165) is 4.68 Å². The van der Waals surface area contributed by atoms with Crippen LogP contribution in [0, 0.1) is 17.9 Å². The number of amides is 1. The van der Waals surface area contributed by atoms with Gasteiger partial charge in [-0.25, -0.2) is 9.07 Å². The molecule has 218 valence electrons. The van der Waals surface area contributed by atoms with Gasteiger partial charge >= 0.3 is 6.18 Å². The molecule has 42 heavy (non-hydrogen) atoms. The summed E-state index contributed by atoms with van der Waals surface area (Å²) in [5.74, 6) is -1.36.